The summed E-state index contributed by atoms with van der Waals surface area (Å²) in [6.45, 7) is 0. The minimum atomic E-state index is -0.169. The van der Waals surface area contributed by atoms with E-state index >= 15 is 0 Å². The van der Waals surface area contributed by atoms with Gasteiger partial charge in [-0.05, 0) is 36.4 Å². The minimum Gasteiger partial charge on any atom is -0.497 e. The molecular formula is C16H16N2O3. The topological polar surface area (TPSA) is 60.5 Å². The van der Waals surface area contributed by atoms with E-state index in [0.29, 0.717) is 23.0 Å². The summed E-state index contributed by atoms with van der Waals surface area (Å²) in [6.07, 6.45) is 3.04. The summed E-state index contributed by atoms with van der Waals surface area (Å²) >= 11 is 0. The molecule has 0 saturated heterocycles. The second-order valence-electron chi connectivity index (χ2n) is 4.15. The van der Waals surface area contributed by atoms with E-state index in [0.717, 1.165) is 0 Å². The first-order valence-corrected chi connectivity index (χ1v) is 6.35. The summed E-state index contributed by atoms with van der Waals surface area (Å²) in [5.41, 5.74) is 0.549. The molecule has 0 aliphatic rings. The highest BCUT2D eigenvalue weighted by Gasteiger charge is 2.06. The lowest BCUT2D eigenvalue weighted by atomic mass is 10.1. The van der Waals surface area contributed by atoms with E-state index in [1.54, 1.807) is 43.6 Å². The maximum absolute atomic E-state index is 12.1. The molecule has 0 bridgehead atoms. The van der Waals surface area contributed by atoms with Crippen LogP contribution in [0.15, 0.2) is 60.6 Å². The summed E-state index contributed by atoms with van der Waals surface area (Å²) in [7, 11) is 3.07. The summed E-state index contributed by atoms with van der Waals surface area (Å²) < 4.78 is 10.2. The second-order valence-corrected chi connectivity index (χ2v) is 4.15. The van der Waals surface area contributed by atoms with Crippen molar-refractivity contribution in [3.8, 4) is 5.75 Å². The van der Waals surface area contributed by atoms with E-state index in [9.17, 15) is 4.79 Å². The van der Waals surface area contributed by atoms with Crippen LogP contribution in [-0.2, 0) is 4.74 Å². The zero-order chi connectivity index (χ0) is 15.1. The van der Waals surface area contributed by atoms with Crippen molar-refractivity contribution in [2.24, 2.45) is 0 Å². The van der Waals surface area contributed by atoms with E-state index in [1.807, 2.05) is 12.1 Å². The SMILES string of the molecule is CO/C(=C\C(=O)c1ccc(OC)cc1)Nc1ccccn1. The van der Waals surface area contributed by atoms with E-state index in [-0.39, 0.29) is 5.78 Å². The molecule has 5 nitrogen and oxygen atoms in total. The van der Waals surface area contributed by atoms with Crippen molar-refractivity contribution in [3.63, 3.8) is 0 Å². The van der Waals surface area contributed by atoms with Crippen molar-refractivity contribution in [1.82, 2.24) is 4.98 Å². The van der Waals surface area contributed by atoms with Crippen LogP contribution in [0.2, 0.25) is 0 Å². The summed E-state index contributed by atoms with van der Waals surface area (Å²) in [6, 6.07) is 12.3. The number of methoxy groups -OCH3 is 2. The highest BCUT2D eigenvalue weighted by atomic mass is 16.5. The number of benzene rings is 1. The quantitative estimate of drug-likeness (QED) is 0.502. The number of ketones is 1. The van der Waals surface area contributed by atoms with Crippen molar-refractivity contribution < 1.29 is 14.3 Å². The Morgan fingerprint density at radius 2 is 1.90 bits per heavy atom. The normalized spacial score (nSPS) is 10.9. The van der Waals surface area contributed by atoms with E-state index in [4.69, 9.17) is 9.47 Å². The molecule has 2 aromatic rings. The minimum absolute atomic E-state index is 0.169. The average Bonchev–Trinajstić information content (AvgIpc) is 2.55. The number of pyridine rings is 1. The lowest BCUT2D eigenvalue weighted by molar-refractivity contribution is 0.104. The number of hydrogen-bond acceptors (Lipinski definition) is 5. The summed E-state index contributed by atoms with van der Waals surface area (Å²) in [5, 5.41) is 2.93. The van der Waals surface area contributed by atoms with Gasteiger partial charge >= 0.3 is 0 Å². The highest BCUT2D eigenvalue weighted by Crippen LogP contribution is 2.13. The zero-order valence-corrected chi connectivity index (χ0v) is 11.9. The summed E-state index contributed by atoms with van der Waals surface area (Å²) in [4.78, 5) is 16.3. The van der Waals surface area contributed by atoms with E-state index in [1.165, 1.54) is 13.2 Å². The van der Waals surface area contributed by atoms with Gasteiger partial charge in [0.2, 0.25) is 0 Å². The molecule has 0 saturated carbocycles. The fraction of sp³-hybridized carbons (Fsp3) is 0.125. The first-order valence-electron chi connectivity index (χ1n) is 6.35. The van der Waals surface area contributed by atoms with Crippen LogP contribution >= 0.6 is 0 Å². The fourth-order valence-corrected chi connectivity index (χ4v) is 1.67. The monoisotopic (exact) mass is 284 g/mol. The average molecular weight is 284 g/mol. The van der Waals surface area contributed by atoms with Gasteiger partial charge in [-0.1, -0.05) is 6.07 Å². The Labute approximate surface area is 123 Å². The molecule has 1 N–H and O–H groups in total. The Morgan fingerprint density at radius 3 is 2.48 bits per heavy atom. The van der Waals surface area contributed by atoms with Gasteiger partial charge in [-0.25, -0.2) is 4.98 Å². The van der Waals surface area contributed by atoms with E-state index < -0.39 is 0 Å². The highest BCUT2D eigenvalue weighted by molar-refractivity contribution is 6.05. The molecule has 0 spiro atoms. The van der Waals surface area contributed by atoms with Gasteiger partial charge in [-0.15, -0.1) is 0 Å². The van der Waals surface area contributed by atoms with Gasteiger partial charge in [0.1, 0.15) is 11.6 Å². The van der Waals surface area contributed by atoms with Crippen molar-refractivity contribution in [2.45, 2.75) is 0 Å². The third-order valence-electron chi connectivity index (χ3n) is 2.77. The number of aromatic nitrogens is 1. The van der Waals surface area contributed by atoms with Gasteiger partial charge in [0.15, 0.2) is 11.7 Å². The molecule has 0 aliphatic heterocycles. The number of carbonyl (C=O) groups is 1. The molecule has 1 aromatic carbocycles. The lowest BCUT2D eigenvalue weighted by Gasteiger charge is -2.08. The third-order valence-corrected chi connectivity index (χ3v) is 2.77. The van der Waals surface area contributed by atoms with Crippen LogP contribution in [0.25, 0.3) is 0 Å². The Balaban J connectivity index is 2.12. The smallest absolute Gasteiger partial charge is 0.195 e. The molecule has 0 amide bonds. The number of anilines is 1. The van der Waals surface area contributed by atoms with Gasteiger partial charge < -0.3 is 14.8 Å². The van der Waals surface area contributed by atoms with Crippen LogP contribution in [0.5, 0.6) is 5.75 Å². The van der Waals surface area contributed by atoms with Crippen LogP contribution in [0, 0.1) is 0 Å². The van der Waals surface area contributed by atoms with Crippen LogP contribution in [0.3, 0.4) is 0 Å². The zero-order valence-electron chi connectivity index (χ0n) is 11.9. The van der Waals surface area contributed by atoms with Gasteiger partial charge in [-0.3, -0.25) is 4.79 Å². The molecule has 1 heterocycles. The maximum Gasteiger partial charge on any atom is 0.195 e. The number of carbonyl (C=O) groups excluding carboxylic acids is 1. The predicted octanol–water partition coefficient (Wildman–Crippen LogP) is 2.87. The van der Waals surface area contributed by atoms with Crippen molar-refractivity contribution in [2.75, 3.05) is 19.5 Å². The van der Waals surface area contributed by atoms with E-state index in [2.05, 4.69) is 10.3 Å². The lowest BCUT2D eigenvalue weighted by Crippen LogP contribution is -2.06. The molecule has 108 valence electrons. The van der Waals surface area contributed by atoms with Crippen molar-refractivity contribution in [3.05, 3.63) is 66.2 Å². The third kappa shape index (κ3) is 4.07. The van der Waals surface area contributed by atoms with Crippen LogP contribution in [0.4, 0.5) is 5.82 Å². The molecule has 21 heavy (non-hydrogen) atoms. The molecule has 0 aliphatic carbocycles. The molecule has 0 fully saturated rings. The van der Waals surface area contributed by atoms with Gasteiger partial charge in [-0.2, -0.15) is 0 Å². The molecule has 2 rings (SSSR count). The molecule has 0 unspecified atom stereocenters. The number of nitrogens with zero attached hydrogens (tertiary/aromatic N) is 1. The maximum atomic E-state index is 12.1. The Morgan fingerprint density at radius 1 is 1.14 bits per heavy atom. The first kappa shape index (κ1) is 14.6. The first-order chi connectivity index (χ1) is 10.2. The van der Waals surface area contributed by atoms with Gasteiger partial charge in [0.05, 0.1) is 14.2 Å². The van der Waals surface area contributed by atoms with Crippen LogP contribution in [0.1, 0.15) is 10.4 Å². The van der Waals surface area contributed by atoms with Crippen LogP contribution in [-0.4, -0.2) is 25.0 Å². The molecule has 0 atom stereocenters. The van der Waals surface area contributed by atoms with Crippen LogP contribution < -0.4 is 10.1 Å². The van der Waals surface area contributed by atoms with Gasteiger partial charge in [0.25, 0.3) is 0 Å². The molecule has 1 aromatic heterocycles. The number of hydrogen-bond donors (Lipinski definition) is 1. The Hall–Kier alpha value is -2.82. The number of ether oxygens (including phenoxy) is 2. The molecular weight excluding hydrogens is 268 g/mol. The largest absolute Gasteiger partial charge is 0.497 e. The number of allylic oxidation sites excluding steroid dienone is 1. The number of nitrogens with one attached hydrogen (secondary N) is 1. The number of rotatable bonds is 6. The standard InChI is InChI=1S/C16H16N2O3/c1-20-13-8-6-12(7-9-13)14(19)11-16(21-2)18-15-5-3-4-10-17-15/h3-11H,1-2H3,(H,17,18)/b16-11-. The Bertz CT molecular complexity index is 622. The van der Waals surface area contributed by atoms with Crippen molar-refractivity contribution >= 4 is 11.6 Å². The summed E-state index contributed by atoms with van der Waals surface area (Å²) in [5.74, 6) is 1.47. The predicted molar refractivity (Wildman–Crippen MR) is 80.3 cm³/mol. The fourth-order valence-electron chi connectivity index (χ4n) is 1.67. The van der Waals surface area contributed by atoms with Crippen molar-refractivity contribution in [1.29, 1.82) is 0 Å². The Kier molecular flexibility index (Phi) is 4.93. The molecule has 5 heteroatoms. The second kappa shape index (κ2) is 7.09. The van der Waals surface area contributed by atoms with Gasteiger partial charge in [0, 0.05) is 17.8 Å². The molecule has 0 radical (unpaired) electrons.